The fourth-order valence-electron chi connectivity index (χ4n) is 4.98. The molecule has 1 saturated carbocycles. The van der Waals surface area contributed by atoms with Crippen LogP contribution in [0.15, 0.2) is 73.5 Å². The Hall–Kier alpha value is -3.38. The lowest BCUT2D eigenvalue weighted by molar-refractivity contribution is 0.0824. The Bertz CT molecular complexity index is 1340. The van der Waals surface area contributed by atoms with Gasteiger partial charge in [0.1, 0.15) is 6.61 Å². The van der Waals surface area contributed by atoms with E-state index >= 15 is 0 Å². The van der Waals surface area contributed by atoms with Crippen LogP contribution in [-0.2, 0) is 11.3 Å². The first-order chi connectivity index (χ1) is 16.4. The van der Waals surface area contributed by atoms with Crippen LogP contribution < -0.4 is 5.82 Å². The summed E-state index contributed by atoms with van der Waals surface area (Å²) in [5.74, 6) is -0.528. The second-order valence-electron chi connectivity index (χ2n) is 8.77. The molecule has 5 rings (SSSR count). The molecule has 0 amide bonds. The van der Waals surface area contributed by atoms with Crippen LogP contribution in [0.25, 0.3) is 0 Å². The predicted molar refractivity (Wildman–Crippen MR) is 125 cm³/mol. The van der Waals surface area contributed by atoms with Gasteiger partial charge in [0.25, 0.3) is 0 Å². The standard InChI is InChI=1S/C27H23ClO6/c1-15-22(34-27(31)33-15)14-32-26-23(24(29)20-4-2-3-5-21(20)25(26)30)18-8-6-16(7-9-18)17-10-12-19(28)13-11-17/h2-5,10-13,16,18H,6-9,14H2,1H3. The first-order valence-corrected chi connectivity index (χ1v) is 11.7. The molecule has 2 aliphatic carbocycles. The number of Topliss-reactive ketones (excluding diaryl/α,β-unsaturated/α-hetero) is 2. The molecule has 0 radical (unpaired) electrons. The Balaban J connectivity index is 1.44. The summed E-state index contributed by atoms with van der Waals surface area (Å²) in [5.41, 5.74) is 2.38. The average Bonchev–Trinajstić information content (AvgIpc) is 3.17. The van der Waals surface area contributed by atoms with Gasteiger partial charge in [-0.25, -0.2) is 4.79 Å². The molecule has 1 heterocycles. The lowest BCUT2D eigenvalue weighted by atomic mass is 9.72. The van der Waals surface area contributed by atoms with Gasteiger partial charge < -0.3 is 13.6 Å². The van der Waals surface area contributed by atoms with Gasteiger partial charge in [-0.1, -0.05) is 48.0 Å². The van der Waals surface area contributed by atoms with Crippen LogP contribution in [0.1, 0.15) is 69.4 Å². The molecule has 0 atom stereocenters. The predicted octanol–water partition coefficient (Wildman–Crippen LogP) is 6.02. The summed E-state index contributed by atoms with van der Waals surface area (Å²) in [5, 5.41) is 0.707. The molecule has 1 fully saturated rings. The third-order valence-electron chi connectivity index (χ3n) is 6.77. The largest absolute Gasteiger partial charge is 0.519 e. The van der Waals surface area contributed by atoms with Crippen molar-refractivity contribution in [2.75, 3.05) is 0 Å². The smallest absolute Gasteiger partial charge is 0.481 e. The van der Waals surface area contributed by atoms with Crippen molar-refractivity contribution in [3.8, 4) is 0 Å². The van der Waals surface area contributed by atoms with Gasteiger partial charge in [-0.3, -0.25) is 9.59 Å². The Labute approximate surface area is 201 Å². The molecule has 34 heavy (non-hydrogen) atoms. The summed E-state index contributed by atoms with van der Waals surface area (Å²) in [6.45, 7) is 1.41. The summed E-state index contributed by atoms with van der Waals surface area (Å²) in [6, 6.07) is 14.7. The number of allylic oxidation sites excluding steroid dienone is 2. The molecular formula is C27H23ClO6. The zero-order chi connectivity index (χ0) is 23.8. The quantitative estimate of drug-likeness (QED) is 0.445. The highest BCUT2D eigenvalue weighted by Crippen LogP contribution is 2.42. The molecule has 6 nitrogen and oxygen atoms in total. The van der Waals surface area contributed by atoms with Crippen LogP contribution in [-0.4, -0.2) is 11.6 Å². The highest BCUT2D eigenvalue weighted by atomic mass is 35.5. The van der Waals surface area contributed by atoms with Gasteiger partial charge in [0.05, 0.1) is 0 Å². The molecule has 0 N–H and O–H groups in total. The average molecular weight is 479 g/mol. The van der Waals surface area contributed by atoms with Gasteiger partial charge in [0.2, 0.25) is 5.78 Å². The highest BCUT2D eigenvalue weighted by Gasteiger charge is 2.39. The summed E-state index contributed by atoms with van der Waals surface area (Å²) in [7, 11) is 0. The maximum absolute atomic E-state index is 13.5. The summed E-state index contributed by atoms with van der Waals surface area (Å²) < 4.78 is 15.8. The van der Waals surface area contributed by atoms with E-state index in [2.05, 4.69) is 0 Å². The Morgan fingerprint density at radius 2 is 1.47 bits per heavy atom. The number of rotatable bonds is 5. The lowest BCUT2D eigenvalue weighted by Crippen LogP contribution is -2.29. The minimum atomic E-state index is -0.831. The summed E-state index contributed by atoms with van der Waals surface area (Å²) >= 11 is 6.03. The number of ketones is 2. The number of benzene rings is 2. The van der Waals surface area contributed by atoms with Crippen LogP contribution in [0.4, 0.5) is 0 Å². The molecule has 0 bridgehead atoms. The monoisotopic (exact) mass is 478 g/mol. The number of hydrogen-bond donors (Lipinski definition) is 0. The van der Waals surface area contributed by atoms with Gasteiger partial charge in [0.15, 0.2) is 23.1 Å². The Morgan fingerprint density at radius 3 is 2.09 bits per heavy atom. The first-order valence-electron chi connectivity index (χ1n) is 11.3. The third-order valence-corrected chi connectivity index (χ3v) is 7.02. The molecule has 1 aromatic heterocycles. The molecule has 7 heteroatoms. The van der Waals surface area contributed by atoms with Crippen LogP contribution in [0.3, 0.4) is 0 Å². The molecule has 2 aromatic carbocycles. The fraction of sp³-hybridized carbons (Fsp3) is 0.296. The maximum Gasteiger partial charge on any atom is 0.519 e. The molecule has 0 spiro atoms. The van der Waals surface area contributed by atoms with Crippen molar-refractivity contribution < 1.29 is 23.2 Å². The van der Waals surface area contributed by atoms with E-state index in [1.165, 1.54) is 5.56 Å². The second kappa shape index (κ2) is 9.11. The Morgan fingerprint density at radius 1 is 0.853 bits per heavy atom. The van der Waals surface area contributed by atoms with Crippen molar-refractivity contribution in [2.45, 2.75) is 45.1 Å². The highest BCUT2D eigenvalue weighted by molar-refractivity contribution is 6.30. The third kappa shape index (κ3) is 4.14. The summed E-state index contributed by atoms with van der Waals surface area (Å²) in [6.07, 6.45) is 3.30. The normalized spacial score (nSPS) is 20.4. The first kappa shape index (κ1) is 22.4. The molecule has 174 valence electrons. The molecule has 0 unspecified atom stereocenters. The van der Waals surface area contributed by atoms with Crippen LogP contribution in [0.5, 0.6) is 0 Å². The van der Waals surface area contributed by atoms with E-state index in [9.17, 15) is 14.4 Å². The number of fused-ring (bicyclic) bond motifs is 1. The number of carbonyl (C=O) groups excluding carboxylic acids is 2. The maximum atomic E-state index is 13.5. The molecule has 2 aliphatic rings. The van der Waals surface area contributed by atoms with Gasteiger partial charge in [-0.15, -0.1) is 0 Å². The van der Waals surface area contributed by atoms with Gasteiger partial charge in [0, 0.05) is 21.7 Å². The van der Waals surface area contributed by atoms with Crippen molar-refractivity contribution in [3.63, 3.8) is 0 Å². The SMILES string of the molecule is Cc1oc(=O)oc1COC1=C(C2CCC(c3ccc(Cl)cc3)CC2)C(=O)c2ccccc2C1=O. The number of hydrogen-bond acceptors (Lipinski definition) is 6. The zero-order valence-corrected chi connectivity index (χ0v) is 19.4. The Kier molecular flexibility index (Phi) is 6.00. The number of ether oxygens (including phenoxy) is 1. The van der Waals surface area contributed by atoms with Crippen LogP contribution >= 0.6 is 11.6 Å². The van der Waals surface area contributed by atoms with E-state index in [0.29, 0.717) is 27.6 Å². The molecule has 0 aliphatic heterocycles. The van der Waals surface area contributed by atoms with Gasteiger partial charge in [-0.2, -0.15) is 0 Å². The van der Waals surface area contributed by atoms with E-state index in [0.717, 1.165) is 25.7 Å². The van der Waals surface area contributed by atoms with Crippen molar-refractivity contribution in [1.82, 2.24) is 0 Å². The molecule has 3 aromatic rings. The van der Waals surface area contributed by atoms with Crippen molar-refractivity contribution in [2.24, 2.45) is 5.92 Å². The van der Waals surface area contributed by atoms with Gasteiger partial charge >= 0.3 is 5.82 Å². The topological polar surface area (TPSA) is 86.7 Å². The van der Waals surface area contributed by atoms with E-state index in [-0.39, 0.29) is 41.4 Å². The zero-order valence-electron chi connectivity index (χ0n) is 18.6. The number of halogens is 1. The number of aryl methyl sites for hydroxylation is 1. The lowest BCUT2D eigenvalue weighted by Gasteiger charge is -2.32. The van der Waals surface area contributed by atoms with Crippen LogP contribution in [0, 0.1) is 12.8 Å². The second-order valence-corrected chi connectivity index (χ2v) is 9.21. The van der Waals surface area contributed by atoms with Crippen molar-refractivity contribution in [3.05, 3.63) is 104 Å². The van der Waals surface area contributed by atoms with E-state index in [1.54, 1.807) is 31.2 Å². The van der Waals surface area contributed by atoms with E-state index < -0.39 is 5.82 Å². The summed E-state index contributed by atoms with van der Waals surface area (Å²) in [4.78, 5) is 38.3. The molecule has 0 saturated heterocycles. The van der Waals surface area contributed by atoms with Crippen molar-refractivity contribution >= 4 is 23.2 Å². The van der Waals surface area contributed by atoms with E-state index in [1.807, 2.05) is 24.3 Å². The van der Waals surface area contributed by atoms with Gasteiger partial charge in [-0.05, 0) is 62.1 Å². The fourth-order valence-corrected chi connectivity index (χ4v) is 5.11. The minimum Gasteiger partial charge on any atom is -0.481 e. The van der Waals surface area contributed by atoms with Crippen LogP contribution in [0.2, 0.25) is 5.02 Å². The molecular weight excluding hydrogens is 456 g/mol. The number of carbonyl (C=O) groups is 2. The minimum absolute atomic E-state index is 0.0434. The van der Waals surface area contributed by atoms with E-state index in [4.69, 9.17) is 25.2 Å². The van der Waals surface area contributed by atoms with Crippen molar-refractivity contribution in [1.29, 1.82) is 0 Å².